The van der Waals surface area contributed by atoms with Crippen LogP contribution in [0.15, 0.2) is 58.1 Å². The molecule has 10 nitrogen and oxygen atoms in total. The second-order valence-corrected chi connectivity index (χ2v) is 10.9. The lowest BCUT2D eigenvalue weighted by atomic mass is 10.1. The van der Waals surface area contributed by atoms with E-state index in [0.29, 0.717) is 11.1 Å². The molecule has 1 N–H and O–H groups in total. The lowest BCUT2D eigenvalue weighted by Crippen LogP contribution is -2.35. The van der Waals surface area contributed by atoms with E-state index in [0.717, 1.165) is 22.3 Å². The minimum absolute atomic E-state index is 0.0140. The highest BCUT2D eigenvalue weighted by Gasteiger charge is 2.39. The Hall–Kier alpha value is -3.77. The van der Waals surface area contributed by atoms with Crippen LogP contribution in [0.3, 0.4) is 0 Å². The Labute approximate surface area is 205 Å². The molecule has 0 aliphatic carbocycles. The van der Waals surface area contributed by atoms with Gasteiger partial charge in [-0.25, -0.2) is 13.2 Å². The molecule has 2 aromatic rings. The molecule has 0 radical (unpaired) electrons. The van der Waals surface area contributed by atoms with Crippen molar-refractivity contribution in [3.63, 3.8) is 0 Å². The van der Waals surface area contributed by atoms with E-state index >= 15 is 0 Å². The average Bonchev–Trinajstić information content (AvgIpc) is 3.28. The van der Waals surface area contributed by atoms with Gasteiger partial charge in [-0.15, -0.1) is 5.10 Å². The van der Waals surface area contributed by atoms with Crippen LogP contribution >= 0.6 is 11.8 Å². The number of benzene rings is 2. The summed E-state index contributed by atoms with van der Waals surface area (Å²) < 4.78 is 34.9. The summed E-state index contributed by atoms with van der Waals surface area (Å²) in [6.07, 6.45) is 1.41. The largest absolute Gasteiger partial charge is 0.493 e. The molecule has 2 aliphatic heterocycles. The first-order valence-corrected chi connectivity index (χ1v) is 12.8. The van der Waals surface area contributed by atoms with Crippen molar-refractivity contribution in [3.8, 4) is 11.5 Å². The number of nitrogens with one attached hydrogen (secondary N) is 1. The second-order valence-electron chi connectivity index (χ2n) is 7.46. The molecule has 2 aliphatic rings. The molecule has 0 saturated heterocycles. The smallest absolute Gasteiger partial charge is 0.343 e. The molecule has 0 saturated carbocycles. The quantitative estimate of drug-likeness (QED) is 0.366. The molecule has 0 atom stereocenters. The Morgan fingerprint density at radius 1 is 1.17 bits per heavy atom. The number of amidine groups is 2. The molecule has 35 heavy (non-hydrogen) atoms. The van der Waals surface area contributed by atoms with E-state index in [4.69, 9.17) is 14.9 Å². The lowest BCUT2D eigenvalue weighted by molar-refractivity contribution is -0.114. The second kappa shape index (κ2) is 9.47. The maximum absolute atomic E-state index is 12.6. The van der Waals surface area contributed by atoms with Gasteiger partial charge in [0.15, 0.2) is 17.3 Å². The SMILES string of the molecule is CCS(=O)(=O)C1=NN2C(=N)/C(=C\c3ccc(OC(=O)c4ccc(C)cc4)c(OC)c3)C(=O)N=C2S1. The Kier molecular flexibility index (Phi) is 6.59. The van der Waals surface area contributed by atoms with Gasteiger partial charge in [0.05, 0.1) is 24.0 Å². The molecule has 0 unspecified atom stereocenters. The summed E-state index contributed by atoms with van der Waals surface area (Å²) in [5, 5.41) is 13.4. The van der Waals surface area contributed by atoms with Crippen LogP contribution in [-0.4, -0.2) is 53.5 Å². The molecule has 0 fully saturated rings. The minimum Gasteiger partial charge on any atom is -0.493 e. The fraction of sp³-hybridized carbons (Fsp3) is 0.174. The van der Waals surface area contributed by atoms with E-state index in [1.807, 2.05) is 6.92 Å². The van der Waals surface area contributed by atoms with E-state index < -0.39 is 21.7 Å². The van der Waals surface area contributed by atoms with Gasteiger partial charge in [0.25, 0.3) is 5.91 Å². The predicted molar refractivity (Wildman–Crippen MR) is 134 cm³/mol. The zero-order valence-corrected chi connectivity index (χ0v) is 20.6. The summed E-state index contributed by atoms with van der Waals surface area (Å²) in [5.41, 5.74) is 1.78. The first-order chi connectivity index (χ1) is 16.6. The van der Waals surface area contributed by atoms with Crippen molar-refractivity contribution >= 4 is 54.9 Å². The van der Waals surface area contributed by atoms with E-state index in [9.17, 15) is 18.0 Å². The minimum atomic E-state index is -3.61. The molecular weight excluding hydrogens is 492 g/mol. The first-order valence-electron chi connectivity index (χ1n) is 10.3. The van der Waals surface area contributed by atoms with Crippen molar-refractivity contribution in [2.45, 2.75) is 13.8 Å². The van der Waals surface area contributed by atoms with Crippen LogP contribution in [0, 0.1) is 12.3 Å². The zero-order chi connectivity index (χ0) is 25.3. The van der Waals surface area contributed by atoms with Crippen molar-refractivity contribution < 1.29 is 27.5 Å². The van der Waals surface area contributed by atoms with Crippen molar-refractivity contribution in [1.82, 2.24) is 5.01 Å². The number of hydrogen-bond acceptors (Lipinski definition) is 9. The number of thioether (sulfide) groups is 1. The highest BCUT2D eigenvalue weighted by Crippen LogP contribution is 2.33. The number of ether oxygens (including phenoxy) is 2. The van der Waals surface area contributed by atoms with Crippen LogP contribution in [0.5, 0.6) is 11.5 Å². The Morgan fingerprint density at radius 2 is 1.89 bits per heavy atom. The molecule has 180 valence electrons. The standard InChI is InChI=1S/C23H20N4O6S2/c1-4-35(30,31)23-26-27-19(24)16(20(28)25-22(27)34-23)11-14-7-10-17(18(12-14)32-3)33-21(29)15-8-5-13(2)6-9-15/h5-12,24H,4H2,1-3H3/b16-11+,24-19?. The number of amides is 1. The number of aryl methyl sites for hydroxylation is 1. The van der Waals surface area contributed by atoms with Crippen LogP contribution in [0.4, 0.5) is 0 Å². The fourth-order valence-corrected chi connectivity index (χ4v) is 5.26. The number of hydrogen-bond donors (Lipinski definition) is 1. The third-order valence-corrected chi connectivity index (χ3v) is 8.16. The van der Waals surface area contributed by atoms with E-state index in [1.165, 1.54) is 26.2 Å². The number of methoxy groups -OCH3 is 1. The van der Waals surface area contributed by atoms with Crippen LogP contribution in [-0.2, 0) is 14.6 Å². The number of rotatable bonds is 5. The Morgan fingerprint density at radius 3 is 2.54 bits per heavy atom. The number of sulfone groups is 1. The van der Waals surface area contributed by atoms with Gasteiger partial charge in [0.2, 0.25) is 19.4 Å². The Balaban J connectivity index is 1.60. The summed E-state index contributed by atoms with van der Waals surface area (Å²) in [7, 11) is -2.21. The first kappa shape index (κ1) is 24.4. The molecule has 2 aromatic carbocycles. The molecule has 0 spiro atoms. The molecular formula is C23H20N4O6S2. The van der Waals surface area contributed by atoms with Crippen LogP contribution in [0.1, 0.15) is 28.4 Å². The summed E-state index contributed by atoms with van der Waals surface area (Å²) in [6.45, 7) is 3.39. The summed E-state index contributed by atoms with van der Waals surface area (Å²) >= 11 is 0.735. The number of carbonyl (C=O) groups is 2. The van der Waals surface area contributed by atoms with Crippen LogP contribution in [0.25, 0.3) is 6.08 Å². The summed E-state index contributed by atoms with van der Waals surface area (Å²) in [4.78, 5) is 28.9. The van der Waals surface area contributed by atoms with E-state index in [-0.39, 0.29) is 38.2 Å². The van der Waals surface area contributed by atoms with E-state index in [2.05, 4.69) is 10.1 Å². The normalized spacial score (nSPS) is 16.7. The number of aliphatic imine (C=N–C) groups is 1. The maximum atomic E-state index is 12.6. The molecule has 4 rings (SSSR count). The van der Waals surface area contributed by atoms with Crippen molar-refractivity contribution in [1.29, 1.82) is 5.41 Å². The van der Waals surface area contributed by atoms with Gasteiger partial charge >= 0.3 is 5.97 Å². The number of nitrogens with zero attached hydrogens (tertiary/aromatic N) is 3. The van der Waals surface area contributed by atoms with Gasteiger partial charge in [-0.2, -0.15) is 10.0 Å². The highest BCUT2D eigenvalue weighted by molar-refractivity contribution is 8.42. The maximum Gasteiger partial charge on any atom is 0.343 e. The van der Waals surface area contributed by atoms with E-state index in [1.54, 1.807) is 36.4 Å². The summed E-state index contributed by atoms with van der Waals surface area (Å²) in [5.74, 6) is -1.30. The van der Waals surface area contributed by atoms with Gasteiger partial charge in [-0.05, 0) is 54.6 Å². The van der Waals surface area contributed by atoms with Crippen molar-refractivity contribution in [2.24, 2.45) is 10.1 Å². The van der Waals surface area contributed by atoms with Gasteiger partial charge in [-0.3, -0.25) is 10.2 Å². The topological polar surface area (TPSA) is 139 Å². The highest BCUT2D eigenvalue weighted by atomic mass is 32.3. The van der Waals surface area contributed by atoms with Crippen molar-refractivity contribution in [3.05, 3.63) is 64.7 Å². The Bertz CT molecular complexity index is 1440. The third-order valence-electron chi connectivity index (χ3n) is 5.07. The van der Waals surface area contributed by atoms with Crippen LogP contribution in [0.2, 0.25) is 0 Å². The molecule has 1 amide bonds. The number of esters is 1. The van der Waals surface area contributed by atoms with Gasteiger partial charge in [0.1, 0.15) is 0 Å². The molecule has 0 bridgehead atoms. The number of fused-ring (bicyclic) bond motifs is 1. The van der Waals surface area contributed by atoms with Crippen LogP contribution < -0.4 is 9.47 Å². The average molecular weight is 513 g/mol. The number of carbonyl (C=O) groups excluding carboxylic acids is 2. The third kappa shape index (κ3) is 4.88. The molecule has 2 heterocycles. The lowest BCUT2D eigenvalue weighted by Gasteiger charge is -2.20. The van der Waals surface area contributed by atoms with Gasteiger partial charge in [0, 0.05) is 0 Å². The summed E-state index contributed by atoms with van der Waals surface area (Å²) in [6, 6.07) is 11.6. The fourth-order valence-electron chi connectivity index (χ4n) is 3.10. The number of hydrazone groups is 1. The van der Waals surface area contributed by atoms with Crippen molar-refractivity contribution in [2.75, 3.05) is 12.9 Å². The molecule has 0 aromatic heterocycles. The monoisotopic (exact) mass is 512 g/mol. The van der Waals surface area contributed by atoms with Gasteiger partial charge in [-0.1, -0.05) is 30.7 Å². The van der Waals surface area contributed by atoms with Gasteiger partial charge < -0.3 is 9.47 Å². The molecule has 12 heteroatoms. The predicted octanol–water partition coefficient (Wildman–Crippen LogP) is 3.23. The zero-order valence-electron chi connectivity index (χ0n) is 18.9.